The van der Waals surface area contributed by atoms with Crippen LogP contribution in [0.15, 0.2) is 60.7 Å². The first-order valence-electron chi connectivity index (χ1n) is 23.3. The van der Waals surface area contributed by atoms with Crippen LogP contribution in [0, 0.1) is 0 Å². The zero-order valence-corrected chi connectivity index (χ0v) is 41.9. The van der Waals surface area contributed by atoms with Crippen molar-refractivity contribution in [3.8, 4) is 0 Å². The van der Waals surface area contributed by atoms with Crippen molar-refractivity contribution in [1.82, 2.24) is 0 Å². The van der Waals surface area contributed by atoms with Crippen molar-refractivity contribution in [3.63, 3.8) is 0 Å². The van der Waals surface area contributed by atoms with E-state index in [9.17, 15) is 30.0 Å². The maximum Gasteiger partial charge on any atom is 2.00 e. The van der Waals surface area contributed by atoms with Crippen LogP contribution >= 0.6 is 0 Å². The van der Waals surface area contributed by atoms with Gasteiger partial charge in [-0.1, -0.05) is 190 Å². The van der Waals surface area contributed by atoms with Gasteiger partial charge in [0.15, 0.2) is 11.6 Å². The normalized spacial score (nSPS) is 13.1. The number of aliphatic hydroxyl groups is 2. The standard InChI is InChI=1S/2C25H42O4.Ba/c2*1-2-3-4-9-15-20-25(28,29-22-23-17-12-11-13-18-23)21-16-10-7-5-6-8-14-19-24(26)27;/h2*11-13,17-18,28H,2-10,14-16,19-22H2,1H3,(H,26,27);/q;;+2/p-2. The summed E-state index contributed by atoms with van der Waals surface area (Å²) in [5, 5.41) is 42.9. The Kier molecular flexibility index (Phi) is 38.8. The first-order chi connectivity index (χ1) is 28.1. The van der Waals surface area contributed by atoms with Crippen LogP contribution in [0.4, 0.5) is 0 Å². The minimum absolute atomic E-state index is 0. The first kappa shape index (κ1) is 57.8. The molecule has 2 atom stereocenters. The van der Waals surface area contributed by atoms with Crippen LogP contribution in [0.25, 0.3) is 0 Å². The van der Waals surface area contributed by atoms with Gasteiger partial charge >= 0.3 is 48.9 Å². The molecule has 0 spiro atoms. The van der Waals surface area contributed by atoms with Crippen LogP contribution < -0.4 is 10.2 Å². The molecule has 2 N–H and O–H groups in total. The Morgan fingerprint density at radius 3 is 0.966 bits per heavy atom. The molecule has 0 saturated heterocycles. The summed E-state index contributed by atoms with van der Waals surface area (Å²) in [5.41, 5.74) is 2.18. The van der Waals surface area contributed by atoms with Gasteiger partial charge in [0.2, 0.25) is 0 Å². The maximum atomic E-state index is 11.1. The molecule has 0 heterocycles. The summed E-state index contributed by atoms with van der Waals surface area (Å²) in [5.74, 6) is -3.96. The number of carbonyl (C=O) groups is 2. The van der Waals surface area contributed by atoms with Crippen molar-refractivity contribution < 1.29 is 39.5 Å². The third-order valence-corrected chi connectivity index (χ3v) is 10.9. The van der Waals surface area contributed by atoms with Crippen LogP contribution in [0.3, 0.4) is 0 Å². The Morgan fingerprint density at radius 1 is 0.441 bits per heavy atom. The number of unbranched alkanes of at least 4 members (excludes halogenated alkanes) is 20. The Balaban J connectivity index is 0.00000112. The molecule has 0 aliphatic heterocycles. The summed E-state index contributed by atoms with van der Waals surface area (Å²) in [4.78, 5) is 20.8. The predicted molar refractivity (Wildman–Crippen MR) is 238 cm³/mol. The second kappa shape index (κ2) is 39.6. The van der Waals surface area contributed by atoms with Crippen molar-refractivity contribution >= 4 is 60.8 Å². The Labute approximate surface area is 400 Å². The van der Waals surface area contributed by atoms with Crippen LogP contribution in [0.5, 0.6) is 0 Å². The van der Waals surface area contributed by atoms with Crippen LogP contribution in [-0.2, 0) is 32.3 Å². The number of rotatable bonds is 38. The molecule has 0 aliphatic rings. The van der Waals surface area contributed by atoms with E-state index in [1.165, 1.54) is 38.5 Å². The Hall–Kier alpha value is -1.21. The van der Waals surface area contributed by atoms with Crippen molar-refractivity contribution in [3.05, 3.63) is 71.8 Å². The summed E-state index contributed by atoms with van der Waals surface area (Å²) in [6.07, 6.45) is 28.8. The number of aliphatic carboxylic acids is 2. The first-order valence-corrected chi connectivity index (χ1v) is 23.3. The zero-order chi connectivity index (χ0) is 42.4. The number of hydrogen-bond acceptors (Lipinski definition) is 8. The Bertz CT molecular complexity index is 1140. The van der Waals surface area contributed by atoms with Gasteiger partial charge in [0, 0.05) is 37.6 Å². The molecule has 9 heteroatoms. The fourth-order valence-corrected chi connectivity index (χ4v) is 7.24. The molecule has 0 amide bonds. The van der Waals surface area contributed by atoms with E-state index in [4.69, 9.17) is 9.47 Å². The molecule has 0 aliphatic carbocycles. The van der Waals surface area contributed by atoms with E-state index in [-0.39, 0.29) is 61.7 Å². The van der Waals surface area contributed by atoms with E-state index >= 15 is 0 Å². The molecule has 332 valence electrons. The number of carboxylic acid groups (broad SMARTS) is 2. The van der Waals surface area contributed by atoms with Gasteiger partial charge < -0.3 is 39.5 Å². The number of carbonyl (C=O) groups excluding carboxylic acids is 2. The van der Waals surface area contributed by atoms with Crippen molar-refractivity contribution in [1.29, 1.82) is 0 Å². The van der Waals surface area contributed by atoms with E-state index in [1.54, 1.807) is 0 Å². The van der Waals surface area contributed by atoms with Crippen LogP contribution in [-0.4, -0.2) is 82.6 Å². The summed E-state index contributed by atoms with van der Waals surface area (Å²) >= 11 is 0. The number of hydrogen-bond donors (Lipinski definition) is 2. The molecular formula is C50H82BaO8. The molecule has 59 heavy (non-hydrogen) atoms. The summed E-state index contributed by atoms with van der Waals surface area (Å²) in [6.45, 7) is 5.32. The SMILES string of the molecule is CCCCCCCC(O)(CCCCCCCCCC(=O)[O-])OCc1ccccc1.CCCCCCCC(O)(CCCCCCCCCC(=O)[O-])OCc1ccccc1.[Ba+2]. The molecule has 0 radical (unpaired) electrons. The third-order valence-electron chi connectivity index (χ3n) is 10.9. The van der Waals surface area contributed by atoms with Gasteiger partial charge in [-0.3, -0.25) is 0 Å². The summed E-state index contributed by atoms with van der Waals surface area (Å²) < 4.78 is 12.0. The fourth-order valence-electron chi connectivity index (χ4n) is 7.24. The van der Waals surface area contributed by atoms with Gasteiger partial charge in [0.25, 0.3) is 0 Å². The Morgan fingerprint density at radius 2 is 0.695 bits per heavy atom. The number of benzene rings is 2. The van der Waals surface area contributed by atoms with Gasteiger partial charge in [-0.25, -0.2) is 0 Å². The third kappa shape index (κ3) is 36.0. The molecule has 2 aromatic carbocycles. The molecule has 0 aromatic heterocycles. The van der Waals surface area contributed by atoms with E-state index in [0.29, 0.717) is 51.7 Å². The number of carboxylic acids is 2. The minimum atomic E-state index is -1.03. The summed E-state index contributed by atoms with van der Waals surface area (Å²) in [7, 11) is 0. The second-order valence-corrected chi connectivity index (χ2v) is 16.5. The maximum absolute atomic E-state index is 11.1. The van der Waals surface area contributed by atoms with Crippen LogP contribution in [0.2, 0.25) is 0 Å². The van der Waals surface area contributed by atoms with E-state index in [0.717, 1.165) is 114 Å². The number of ether oxygens (including phenoxy) is 2. The van der Waals surface area contributed by atoms with Crippen LogP contribution in [0.1, 0.15) is 218 Å². The molecular weight excluding hydrogens is 866 g/mol. The average molecular weight is 949 g/mol. The van der Waals surface area contributed by atoms with Gasteiger partial charge in [-0.2, -0.15) is 0 Å². The zero-order valence-electron chi connectivity index (χ0n) is 37.5. The smallest absolute Gasteiger partial charge is 0.550 e. The molecule has 2 aromatic rings. The average Bonchev–Trinajstić information content (AvgIpc) is 3.22. The van der Waals surface area contributed by atoms with Gasteiger partial charge in [0.05, 0.1) is 13.2 Å². The second-order valence-electron chi connectivity index (χ2n) is 16.5. The quantitative estimate of drug-likeness (QED) is 0.0385. The topological polar surface area (TPSA) is 139 Å². The predicted octanol–water partition coefficient (Wildman–Crippen LogP) is 10.6. The molecule has 2 rings (SSSR count). The molecule has 0 bridgehead atoms. The molecule has 0 fully saturated rings. The van der Waals surface area contributed by atoms with E-state index in [2.05, 4.69) is 13.8 Å². The van der Waals surface area contributed by atoms with Gasteiger partial charge in [-0.05, 0) is 62.5 Å². The van der Waals surface area contributed by atoms with Crippen molar-refractivity contribution in [2.45, 2.75) is 231 Å². The van der Waals surface area contributed by atoms with Crippen molar-refractivity contribution in [2.75, 3.05) is 0 Å². The minimum Gasteiger partial charge on any atom is -0.550 e. The fraction of sp³-hybridized carbons (Fsp3) is 0.720. The molecule has 8 nitrogen and oxygen atoms in total. The molecule has 0 saturated carbocycles. The van der Waals surface area contributed by atoms with Gasteiger partial charge in [-0.15, -0.1) is 0 Å². The van der Waals surface area contributed by atoms with E-state index < -0.39 is 23.5 Å². The van der Waals surface area contributed by atoms with E-state index in [1.807, 2.05) is 60.7 Å². The van der Waals surface area contributed by atoms with Gasteiger partial charge in [0.1, 0.15) is 0 Å². The monoisotopic (exact) mass is 949 g/mol. The summed E-state index contributed by atoms with van der Waals surface area (Å²) in [6, 6.07) is 20.1. The molecule has 2 unspecified atom stereocenters. The largest absolute Gasteiger partial charge is 2.00 e. The van der Waals surface area contributed by atoms with Crippen molar-refractivity contribution in [2.24, 2.45) is 0 Å².